The Morgan fingerprint density at radius 1 is 1.00 bits per heavy atom. The van der Waals surface area contributed by atoms with Gasteiger partial charge in [0.2, 0.25) is 21.8 Å². The van der Waals surface area contributed by atoms with Crippen molar-refractivity contribution in [1.29, 1.82) is 0 Å². The van der Waals surface area contributed by atoms with Crippen LogP contribution in [0.4, 0.5) is 5.69 Å². The van der Waals surface area contributed by atoms with E-state index in [0.29, 0.717) is 12.2 Å². The molecule has 2 aromatic carbocycles. The fourth-order valence-corrected chi connectivity index (χ4v) is 4.98. The van der Waals surface area contributed by atoms with Gasteiger partial charge >= 0.3 is 0 Å². The molecular formula is C26H36BrN3O4S. The Hall–Kier alpha value is -2.39. The molecule has 0 saturated heterocycles. The predicted molar refractivity (Wildman–Crippen MR) is 145 cm³/mol. The summed E-state index contributed by atoms with van der Waals surface area (Å²) in [6.45, 7) is 9.84. The number of halogens is 1. The highest BCUT2D eigenvalue weighted by Gasteiger charge is 2.31. The van der Waals surface area contributed by atoms with Gasteiger partial charge in [-0.05, 0) is 48.1 Å². The summed E-state index contributed by atoms with van der Waals surface area (Å²) < 4.78 is 27.6. The molecule has 0 aliphatic heterocycles. The van der Waals surface area contributed by atoms with Crippen LogP contribution in [0, 0.1) is 5.92 Å². The molecule has 35 heavy (non-hydrogen) atoms. The highest BCUT2D eigenvalue weighted by atomic mass is 79.9. The molecule has 1 N–H and O–H groups in total. The molecule has 0 heterocycles. The first-order chi connectivity index (χ1) is 16.3. The molecule has 0 fully saturated rings. The maximum absolute atomic E-state index is 13.7. The molecular weight excluding hydrogens is 530 g/mol. The second-order valence-electron chi connectivity index (χ2n) is 9.45. The summed E-state index contributed by atoms with van der Waals surface area (Å²) in [5.41, 5.74) is 2.12. The lowest BCUT2D eigenvalue weighted by Gasteiger charge is -2.32. The molecule has 0 aliphatic rings. The SMILES string of the molecule is CC(C)CNC(=O)C(C)N(Cc1cccc(Br)c1)C(=O)CN(c1ccccc1C(C)C)S(C)(=O)=O. The van der Waals surface area contributed by atoms with Gasteiger partial charge in [-0.3, -0.25) is 13.9 Å². The smallest absolute Gasteiger partial charge is 0.244 e. The summed E-state index contributed by atoms with van der Waals surface area (Å²) in [5.74, 6) is -0.422. The van der Waals surface area contributed by atoms with Crippen molar-refractivity contribution in [3.05, 3.63) is 64.1 Å². The number of sulfonamides is 1. The molecule has 2 aromatic rings. The van der Waals surface area contributed by atoms with E-state index in [1.807, 2.05) is 64.1 Å². The highest BCUT2D eigenvalue weighted by Crippen LogP contribution is 2.29. The van der Waals surface area contributed by atoms with E-state index >= 15 is 0 Å². The summed E-state index contributed by atoms with van der Waals surface area (Å²) in [6.07, 6.45) is 1.09. The van der Waals surface area contributed by atoms with Gasteiger partial charge in [-0.15, -0.1) is 0 Å². The predicted octanol–water partition coefficient (Wildman–Crippen LogP) is 4.53. The number of rotatable bonds is 11. The molecule has 0 spiro atoms. The second kappa shape index (κ2) is 12.5. The standard InChI is InChI=1S/C26H36BrN3O4S/c1-18(2)15-28-26(32)20(5)29(16-21-10-9-11-22(27)14-21)25(31)17-30(35(6,33)34)24-13-8-7-12-23(24)19(3)4/h7-14,18-20H,15-17H2,1-6H3,(H,28,32). The minimum atomic E-state index is -3.77. The van der Waals surface area contributed by atoms with Crippen LogP contribution in [0.5, 0.6) is 0 Å². The van der Waals surface area contributed by atoms with Crippen molar-refractivity contribution in [2.24, 2.45) is 5.92 Å². The second-order valence-corrected chi connectivity index (χ2v) is 12.3. The number of hydrogen-bond donors (Lipinski definition) is 1. The molecule has 0 aromatic heterocycles. The van der Waals surface area contributed by atoms with E-state index in [9.17, 15) is 18.0 Å². The van der Waals surface area contributed by atoms with Crippen molar-refractivity contribution >= 4 is 43.5 Å². The Balaban J connectivity index is 2.43. The lowest BCUT2D eigenvalue weighted by molar-refractivity contribution is -0.139. The molecule has 2 amide bonds. The number of hydrogen-bond acceptors (Lipinski definition) is 4. The Labute approximate surface area is 218 Å². The zero-order valence-electron chi connectivity index (χ0n) is 21.3. The van der Waals surface area contributed by atoms with Crippen molar-refractivity contribution in [2.75, 3.05) is 23.7 Å². The van der Waals surface area contributed by atoms with Gasteiger partial charge in [0.15, 0.2) is 0 Å². The first-order valence-corrected chi connectivity index (χ1v) is 14.3. The zero-order valence-corrected chi connectivity index (χ0v) is 23.7. The number of nitrogens with one attached hydrogen (secondary N) is 1. The van der Waals surface area contributed by atoms with Gasteiger partial charge in [0.25, 0.3) is 0 Å². The number of carbonyl (C=O) groups is 2. The summed E-state index contributed by atoms with van der Waals surface area (Å²) >= 11 is 3.44. The van der Waals surface area contributed by atoms with Crippen LogP contribution in [0.2, 0.25) is 0 Å². The molecule has 2 rings (SSSR count). The van der Waals surface area contributed by atoms with Gasteiger partial charge in [0.1, 0.15) is 12.6 Å². The number of benzene rings is 2. The van der Waals surface area contributed by atoms with E-state index in [4.69, 9.17) is 0 Å². The van der Waals surface area contributed by atoms with Gasteiger partial charge in [-0.25, -0.2) is 8.42 Å². The van der Waals surface area contributed by atoms with Gasteiger partial charge in [-0.2, -0.15) is 0 Å². The van der Waals surface area contributed by atoms with Gasteiger partial charge < -0.3 is 10.2 Å². The van der Waals surface area contributed by atoms with E-state index in [0.717, 1.165) is 26.2 Å². The lowest BCUT2D eigenvalue weighted by atomic mass is 10.0. The average molecular weight is 567 g/mol. The molecule has 0 aliphatic carbocycles. The minimum absolute atomic E-state index is 0.0593. The number of anilines is 1. The Morgan fingerprint density at radius 3 is 2.23 bits per heavy atom. The molecule has 1 atom stereocenters. The van der Waals surface area contributed by atoms with Crippen LogP contribution in [0.3, 0.4) is 0 Å². The summed E-state index contributed by atoms with van der Waals surface area (Å²) in [5, 5.41) is 2.88. The van der Waals surface area contributed by atoms with Crippen LogP contribution in [-0.4, -0.2) is 50.5 Å². The zero-order chi connectivity index (χ0) is 26.3. The van der Waals surface area contributed by atoms with Crippen molar-refractivity contribution in [2.45, 2.75) is 53.1 Å². The third kappa shape index (κ3) is 8.35. The molecule has 0 bridgehead atoms. The van der Waals surface area contributed by atoms with E-state index < -0.39 is 28.5 Å². The fourth-order valence-electron chi connectivity index (χ4n) is 3.66. The highest BCUT2D eigenvalue weighted by molar-refractivity contribution is 9.10. The summed E-state index contributed by atoms with van der Waals surface area (Å²) in [6, 6.07) is 13.9. The number of amides is 2. The molecule has 9 heteroatoms. The van der Waals surface area contributed by atoms with Crippen LogP contribution < -0.4 is 9.62 Å². The van der Waals surface area contributed by atoms with Crippen LogP contribution >= 0.6 is 15.9 Å². The molecule has 1 unspecified atom stereocenters. The maximum Gasteiger partial charge on any atom is 0.244 e. The van der Waals surface area contributed by atoms with E-state index in [2.05, 4.69) is 21.2 Å². The largest absolute Gasteiger partial charge is 0.354 e. The topological polar surface area (TPSA) is 86.8 Å². The molecule has 0 radical (unpaired) electrons. The van der Waals surface area contributed by atoms with E-state index in [-0.39, 0.29) is 24.3 Å². The van der Waals surface area contributed by atoms with Crippen molar-refractivity contribution in [1.82, 2.24) is 10.2 Å². The van der Waals surface area contributed by atoms with Crippen LogP contribution in [0.25, 0.3) is 0 Å². The van der Waals surface area contributed by atoms with Crippen molar-refractivity contribution in [3.63, 3.8) is 0 Å². The third-order valence-electron chi connectivity index (χ3n) is 5.60. The van der Waals surface area contributed by atoms with E-state index in [1.54, 1.807) is 19.1 Å². The van der Waals surface area contributed by atoms with Crippen molar-refractivity contribution < 1.29 is 18.0 Å². The van der Waals surface area contributed by atoms with Crippen LogP contribution in [0.15, 0.2) is 53.0 Å². The van der Waals surface area contributed by atoms with Crippen LogP contribution in [-0.2, 0) is 26.2 Å². The monoisotopic (exact) mass is 565 g/mol. The van der Waals surface area contributed by atoms with Crippen LogP contribution in [0.1, 0.15) is 51.7 Å². The van der Waals surface area contributed by atoms with Crippen molar-refractivity contribution in [3.8, 4) is 0 Å². The Bertz CT molecular complexity index is 1130. The molecule has 7 nitrogen and oxygen atoms in total. The summed E-state index contributed by atoms with van der Waals surface area (Å²) in [7, 11) is -3.77. The first-order valence-electron chi connectivity index (χ1n) is 11.7. The quantitative estimate of drug-likeness (QED) is 0.433. The fraction of sp³-hybridized carbons (Fsp3) is 0.462. The number of para-hydroxylation sites is 1. The lowest BCUT2D eigenvalue weighted by Crippen LogP contribution is -2.51. The summed E-state index contributed by atoms with van der Waals surface area (Å²) in [4.78, 5) is 28.0. The first kappa shape index (κ1) is 28.8. The van der Waals surface area contributed by atoms with Gasteiger partial charge in [-0.1, -0.05) is 74.0 Å². The average Bonchev–Trinajstić information content (AvgIpc) is 2.78. The normalized spacial score (nSPS) is 12.5. The Morgan fingerprint density at radius 2 is 1.66 bits per heavy atom. The minimum Gasteiger partial charge on any atom is -0.354 e. The Kier molecular flexibility index (Phi) is 10.3. The number of carbonyl (C=O) groups excluding carboxylic acids is 2. The number of nitrogens with zero attached hydrogens (tertiary/aromatic N) is 2. The van der Waals surface area contributed by atoms with Gasteiger partial charge in [0, 0.05) is 17.6 Å². The third-order valence-corrected chi connectivity index (χ3v) is 7.22. The maximum atomic E-state index is 13.7. The molecule has 0 saturated carbocycles. The molecule has 192 valence electrons. The van der Waals surface area contributed by atoms with E-state index in [1.165, 1.54) is 4.90 Å². The van der Waals surface area contributed by atoms with Gasteiger partial charge in [0.05, 0.1) is 11.9 Å².